The first-order valence-electron chi connectivity index (χ1n) is 10.2. The number of fused-ring (bicyclic) bond motifs is 5. The smallest absolute Gasteiger partial charge is 0.307 e. The van der Waals surface area contributed by atoms with Gasteiger partial charge in [-0.2, -0.15) is 0 Å². The SMILES string of the molecule is CC(=O)OC1=CC=C2[C@@H]3CC=C4C[C@@H](OC(C)=O)CC[C@]4(C)[C@@H]3CC[C@]12C. The highest BCUT2D eigenvalue weighted by atomic mass is 16.5. The highest BCUT2D eigenvalue weighted by molar-refractivity contribution is 5.68. The molecule has 4 aliphatic rings. The number of allylic oxidation sites excluding steroid dienone is 4. The summed E-state index contributed by atoms with van der Waals surface area (Å²) in [6.07, 6.45) is 12.8. The standard InChI is InChI=1S/C23H30O4/c1-14(24)26-17-9-11-22(3)16(13-17)5-6-18-19-7-8-21(27-15(2)25)23(19,4)12-10-20(18)22/h5,7-8,17-18,20H,6,9-13H2,1-4H3/t17-,18-,20+,22-,23-/m0/s1. The molecule has 0 aromatic carbocycles. The van der Waals surface area contributed by atoms with E-state index >= 15 is 0 Å². The van der Waals surface area contributed by atoms with Crippen molar-refractivity contribution in [2.45, 2.75) is 72.3 Å². The van der Waals surface area contributed by atoms with E-state index in [1.807, 2.05) is 6.08 Å². The van der Waals surface area contributed by atoms with E-state index in [9.17, 15) is 9.59 Å². The molecule has 0 bridgehead atoms. The van der Waals surface area contributed by atoms with Gasteiger partial charge in [-0.25, -0.2) is 0 Å². The minimum Gasteiger partial charge on any atom is -0.462 e. The summed E-state index contributed by atoms with van der Waals surface area (Å²) in [6, 6.07) is 0. The summed E-state index contributed by atoms with van der Waals surface area (Å²) in [5.74, 6) is 1.53. The summed E-state index contributed by atoms with van der Waals surface area (Å²) in [5, 5.41) is 0. The molecule has 0 N–H and O–H groups in total. The topological polar surface area (TPSA) is 52.6 Å². The molecule has 4 nitrogen and oxygen atoms in total. The lowest BCUT2D eigenvalue weighted by molar-refractivity contribution is -0.148. The number of hydrogen-bond donors (Lipinski definition) is 0. The normalized spacial score (nSPS) is 39.9. The number of esters is 2. The van der Waals surface area contributed by atoms with Crippen molar-refractivity contribution in [2.24, 2.45) is 22.7 Å². The summed E-state index contributed by atoms with van der Waals surface area (Å²) in [5.41, 5.74) is 2.97. The van der Waals surface area contributed by atoms with Gasteiger partial charge in [0.1, 0.15) is 11.9 Å². The fraction of sp³-hybridized carbons (Fsp3) is 0.652. The number of hydrogen-bond acceptors (Lipinski definition) is 4. The maximum atomic E-state index is 11.5. The fourth-order valence-electron chi connectivity index (χ4n) is 6.24. The van der Waals surface area contributed by atoms with Crippen molar-refractivity contribution in [3.05, 3.63) is 35.1 Å². The molecule has 0 radical (unpaired) electrons. The molecule has 27 heavy (non-hydrogen) atoms. The van der Waals surface area contributed by atoms with Gasteiger partial charge in [-0.3, -0.25) is 9.59 Å². The van der Waals surface area contributed by atoms with Crippen molar-refractivity contribution in [1.82, 2.24) is 0 Å². The molecular weight excluding hydrogens is 340 g/mol. The summed E-state index contributed by atoms with van der Waals surface area (Å²) >= 11 is 0. The minimum absolute atomic E-state index is 0.0372. The van der Waals surface area contributed by atoms with Crippen LogP contribution in [0.1, 0.15) is 66.2 Å². The number of rotatable bonds is 2. The van der Waals surface area contributed by atoms with Crippen LogP contribution in [0.2, 0.25) is 0 Å². The van der Waals surface area contributed by atoms with Crippen LogP contribution in [0.15, 0.2) is 35.1 Å². The van der Waals surface area contributed by atoms with Crippen LogP contribution in [-0.4, -0.2) is 18.0 Å². The third-order valence-electron chi connectivity index (χ3n) is 7.63. The first-order chi connectivity index (χ1) is 12.7. The van der Waals surface area contributed by atoms with Gasteiger partial charge < -0.3 is 9.47 Å². The van der Waals surface area contributed by atoms with Crippen LogP contribution < -0.4 is 0 Å². The van der Waals surface area contributed by atoms with Crippen LogP contribution in [0.5, 0.6) is 0 Å². The Morgan fingerprint density at radius 1 is 1.07 bits per heavy atom. The zero-order chi connectivity index (χ0) is 19.4. The van der Waals surface area contributed by atoms with Crippen LogP contribution in [0, 0.1) is 22.7 Å². The van der Waals surface area contributed by atoms with Crippen molar-refractivity contribution >= 4 is 11.9 Å². The van der Waals surface area contributed by atoms with Crippen LogP contribution in [-0.2, 0) is 19.1 Å². The lowest BCUT2D eigenvalue weighted by Crippen LogP contribution is -2.47. The van der Waals surface area contributed by atoms with Gasteiger partial charge in [-0.1, -0.05) is 30.2 Å². The Hall–Kier alpha value is -1.84. The molecule has 0 spiro atoms. The van der Waals surface area contributed by atoms with E-state index in [4.69, 9.17) is 9.47 Å². The number of carbonyl (C=O) groups excluding carboxylic acids is 2. The zero-order valence-electron chi connectivity index (χ0n) is 16.8. The first-order valence-corrected chi connectivity index (χ1v) is 10.2. The molecule has 5 atom stereocenters. The number of ether oxygens (including phenoxy) is 2. The maximum absolute atomic E-state index is 11.5. The van der Waals surface area contributed by atoms with Crippen molar-refractivity contribution in [1.29, 1.82) is 0 Å². The van der Waals surface area contributed by atoms with E-state index in [0.29, 0.717) is 11.8 Å². The predicted molar refractivity (Wildman–Crippen MR) is 102 cm³/mol. The molecule has 2 saturated carbocycles. The van der Waals surface area contributed by atoms with Crippen LogP contribution >= 0.6 is 0 Å². The van der Waals surface area contributed by atoms with Gasteiger partial charge in [-0.05, 0) is 62.4 Å². The van der Waals surface area contributed by atoms with Gasteiger partial charge in [-0.15, -0.1) is 0 Å². The zero-order valence-corrected chi connectivity index (χ0v) is 16.8. The Labute approximate surface area is 161 Å². The van der Waals surface area contributed by atoms with Gasteiger partial charge in [0.15, 0.2) is 0 Å². The molecule has 0 aromatic heterocycles. The number of carbonyl (C=O) groups is 2. The van der Waals surface area contributed by atoms with Gasteiger partial charge in [0.25, 0.3) is 0 Å². The average molecular weight is 370 g/mol. The Kier molecular flexibility index (Phi) is 4.36. The van der Waals surface area contributed by atoms with Gasteiger partial charge in [0.2, 0.25) is 0 Å². The van der Waals surface area contributed by atoms with Gasteiger partial charge >= 0.3 is 11.9 Å². The molecule has 0 amide bonds. The van der Waals surface area contributed by atoms with Crippen molar-refractivity contribution < 1.29 is 19.1 Å². The monoisotopic (exact) mass is 370 g/mol. The molecule has 0 heterocycles. The fourth-order valence-corrected chi connectivity index (χ4v) is 6.24. The van der Waals surface area contributed by atoms with Crippen molar-refractivity contribution in [3.63, 3.8) is 0 Å². The van der Waals surface area contributed by atoms with E-state index in [1.165, 1.54) is 25.0 Å². The molecule has 0 saturated heterocycles. The minimum atomic E-state index is -0.235. The summed E-state index contributed by atoms with van der Waals surface area (Å²) in [4.78, 5) is 22.9. The quantitative estimate of drug-likeness (QED) is 0.515. The van der Waals surface area contributed by atoms with Crippen LogP contribution in [0.3, 0.4) is 0 Å². The summed E-state index contributed by atoms with van der Waals surface area (Å²) in [7, 11) is 0. The second-order valence-corrected chi connectivity index (χ2v) is 9.19. The average Bonchev–Trinajstić information content (AvgIpc) is 2.91. The third-order valence-corrected chi connectivity index (χ3v) is 7.63. The molecule has 4 aliphatic carbocycles. The van der Waals surface area contributed by atoms with Crippen LogP contribution in [0.25, 0.3) is 0 Å². The lowest BCUT2D eigenvalue weighted by Gasteiger charge is -2.55. The molecule has 0 aromatic rings. The molecular formula is C23H30O4. The maximum Gasteiger partial charge on any atom is 0.307 e. The second-order valence-electron chi connectivity index (χ2n) is 9.19. The molecule has 146 valence electrons. The summed E-state index contributed by atoms with van der Waals surface area (Å²) in [6.45, 7) is 7.63. The van der Waals surface area contributed by atoms with E-state index in [2.05, 4.69) is 26.0 Å². The Morgan fingerprint density at radius 3 is 2.56 bits per heavy atom. The van der Waals surface area contributed by atoms with Crippen molar-refractivity contribution in [3.8, 4) is 0 Å². The highest BCUT2D eigenvalue weighted by Gasteiger charge is 2.55. The largest absolute Gasteiger partial charge is 0.462 e. The van der Waals surface area contributed by atoms with Gasteiger partial charge in [0, 0.05) is 25.7 Å². The molecule has 0 aliphatic heterocycles. The summed E-state index contributed by atoms with van der Waals surface area (Å²) < 4.78 is 11.1. The lowest BCUT2D eigenvalue weighted by atomic mass is 9.49. The predicted octanol–water partition coefficient (Wildman–Crippen LogP) is 4.86. The first kappa shape index (κ1) is 18.5. The molecule has 4 rings (SSSR count). The molecule has 2 fully saturated rings. The van der Waals surface area contributed by atoms with E-state index in [1.54, 1.807) is 0 Å². The Balaban J connectivity index is 1.58. The van der Waals surface area contributed by atoms with Gasteiger partial charge in [0.05, 0.1) is 0 Å². The van der Waals surface area contributed by atoms with E-state index in [0.717, 1.165) is 44.3 Å². The Morgan fingerprint density at radius 2 is 1.85 bits per heavy atom. The highest BCUT2D eigenvalue weighted by Crippen LogP contribution is 2.63. The second kappa shape index (κ2) is 6.35. The molecule has 4 heteroatoms. The van der Waals surface area contributed by atoms with E-state index in [-0.39, 0.29) is 28.9 Å². The molecule has 0 unspecified atom stereocenters. The van der Waals surface area contributed by atoms with Crippen LogP contribution in [0.4, 0.5) is 0 Å². The third kappa shape index (κ3) is 2.88. The van der Waals surface area contributed by atoms with E-state index < -0.39 is 0 Å². The van der Waals surface area contributed by atoms with Crippen molar-refractivity contribution in [2.75, 3.05) is 0 Å². The Bertz CT molecular complexity index is 773.